The molecule has 0 saturated carbocycles. The topological polar surface area (TPSA) is 121 Å². The Labute approximate surface area is 191 Å². The van der Waals surface area contributed by atoms with Crippen LogP contribution in [0.2, 0.25) is 5.02 Å². The van der Waals surface area contributed by atoms with Crippen LogP contribution in [0.4, 0.5) is 29.0 Å². The molecule has 3 heterocycles. The Kier molecular flexibility index (Phi) is 6.70. The van der Waals surface area contributed by atoms with Gasteiger partial charge in [0, 0.05) is 13.1 Å². The van der Waals surface area contributed by atoms with E-state index in [1.807, 2.05) is 12.1 Å². The van der Waals surface area contributed by atoms with Gasteiger partial charge < -0.3 is 20.3 Å². The van der Waals surface area contributed by atoms with Crippen molar-refractivity contribution in [1.82, 2.24) is 19.7 Å². The third kappa shape index (κ3) is 5.07. The van der Waals surface area contributed by atoms with E-state index in [2.05, 4.69) is 35.2 Å². The summed E-state index contributed by atoms with van der Waals surface area (Å²) in [5.41, 5.74) is 1.04. The van der Waals surface area contributed by atoms with Crippen LogP contribution < -0.4 is 20.3 Å². The maximum Gasteiger partial charge on any atom is 0.242 e. The average Bonchev–Trinajstić information content (AvgIpc) is 2.82. The summed E-state index contributed by atoms with van der Waals surface area (Å²) in [6.07, 6.45) is 3.13. The van der Waals surface area contributed by atoms with E-state index in [-0.39, 0.29) is 21.7 Å². The second-order valence-corrected chi connectivity index (χ2v) is 9.11. The molecule has 1 saturated heterocycles. The maximum absolute atomic E-state index is 12.3. The molecule has 32 heavy (non-hydrogen) atoms. The number of rotatable bonds is 7. The van der Waals surface area contributed by atoms with Gasteiger partial charge in [-0.3, -0.25) is 0 Å². The highest BCUT2D eigenvalue weighted by Gasteiger charge is 2.18. The zero-order chi connectivity index (χ0) is 22.6. The van der Waals surface area contributed by atoms with Crippen molar-refractivity contribution < 1.29 is 13.2 Å². The zero-order valence-corrected chi connectivity index (χ0v) is 18.8. The third-order valence-electron chi connectivity index (χ3n) is 4.78. The van der Waals surface area contributed by atoms with Gasteiger partial charge in [0.1, 0.15) is 15.7 Å². The second kappa shape index (κ2) is 9.65. The van der Waals surface area contributed by atoms with Crippen molar-refractivity contribution in [3.05, 3.63) is 53.8 Å². The number of para-hydroxylation sites is 1. The monoisotopic (exact) mass is 475 g/mol. The number of halogens is 1. The van der Waals surface area contributed by atoms with Crippen molar-refractivity contribution >= 4 is 50.6 Å². The van der Waals surface area contributed by atoms with Crippen LogP contribution in [0.1, 0.15) is 0 Å². The minimum atomic E-state index is -3.67. The van der Waals surface area contributed by atoms with Gasteiger partial charge in [-0.1, -0.05) is 23.7 Å². The standard InChI is InChI=1S/C20H22ClN7O3S/c1-22-32(29,30)17-5-3-2-4-16(17)26-19-15(21)13-24-20(27-19)25-14-6-7-18(23-12-14)28-8-10-31-11-9-28/h2-7,12-13,22H,8-11H2,1H3,(H2,24,25,26,27). The van der Waals surface area contributed by atoms with Crippen molar-refractivity contribution in [3.8, 4) is 0 Å². The van der Waals surface area contributed by atoms with Crippen LogP contribution in [0.25, 0.3) is 0 Å². The lowest BCUT2D eigenvalue weighted by Crippen LogP contribution is -2.36. The number of sulfonamides is 1. The van der Waals surface area contributed by atoms with E-state index in [1.54, 1.807) is 24.4 Å². The average molecular weight is 476 g/mol. The Bertz CT molecular complexity index is 1190. The van der Waals surface area contributed by atoms with Gasteiger partial charge in [0.05, 0.1) is 37.0 Å². The maximum atomic E-state index is 12.3. The van der Waals surface area contributed by atoms with Crippen LogP contribution in [0, 0.1) is 0 Å². The first-order valence-corrected chi connectivity index (χ1v) is 11.7. The molecule has 1 aliphatic heterocycles. The summed E-state index contributed by atoms with van der Waals surface area (Å²) in [5.74, 6) is 1.42. The van der Waals surface area contributed by atoms with Crippen LogP contribution in [0.5, 0.6) is 0 Å². The molecule has 168 valence electrons. The zero-order valence-electron chi connectivity index (χ0n) is 17.2. The highest BCUT2D eigenvalue weighted by Crippen LogP contribution is 2.28. The molecule has 10 nitrogen and oxygen atoms in total. The molecule has 1 aromatic carbocycles. The predicted molar refractivity (Wildman–Crippen MR) is 124 cm³/mol. The molecule has 0 unspecified atom stereocenters. The minimum Gasteiger partial charge on any atom is -0.378 e. The van der Waals surface area contributed by atoms with Gasteiger partial charge in [-0.05, 0) is 31.3 Å². The largest absolute Gasteiger partial charge is 0.378 e. The Morgan fingerprint density at radius 3 is 2.53 bits per heavy atom. The van der Waals surface area contributed by atoms with Gasteiger partial charge in [-0.15, -0.1) is 0 Å². The molecule has 0 spiro atoms. The minimum absolute atomic E-state index is 0.0783. The number of aromatic nitrogens is 3. The Morgan fingerprint density at radius 2 is 1.81 bits per heavy atom. The van der Waals surface area contributed by atoms with Crippen molar-refractivity contribution in [1.29, 1.82) is 0 Å². The Morgan fingerprint density at radius 1 is 1.03 bits per heavy atom. The molecule has 1 fully saturated rings. The highest BCUT2D eigenvalue weighted by atomic mass is 35.5. The van der Waals surface area contributed by atoms with Crippen LogP contribution in [-0.2, 0) is 14.8 Å². The fourth-order valence-corrected chi connectivity index (χ4v) is 4.15. The van der Waals surface area contributed by atoms with E-state index in [0.717, 1.165) is 18.9 Å². The number of hydrogen-bond donors (Lipinski definition) is 3. The molecule has 4 rings (SSSR count). The summed E-state index contributed by atoms with van der Waals surface area (Å²) in [6, 6.07) is 10.3. The van der Waals surface area contributed by atoms with Crippen LogP contribution in [0.15, 0.2) is 53.7 Å². The number of nitrogens with zero attached hydrogens (tertiary/aromatic N) is 4. The van der Waals surface area contributed by atoms with E-state index in [4.69, 9.17) is 16.3 Å². The predicted octanol–water partition coefficient (Wildman–Crippen LogP) is 2.76. The van der Waals surface area contributed by atoms with E-state index in [0.29, 0.717) is 24.6 Å². The number of pyridine rings is 1. The normalized spacial score (nSPS) is 14.2. The van der Waals surface area contributed by atoms with Gasteiger partial charge in [-0.25, -0.2) is 23.1 Å². The molecular formula is C20H22ClN7O3S. The summed E-state index contributed by atoms with van der Waals surface area (Å²) >= 11 is 6.25. The molecule has 0 atom stereocenters. The number of benzene rings is 1. The molecule has 1 aliphatic rings. The highest BCUT2D eigenvalue weighted by molar-refractivity contribution is 7.89. The number of morpholine rings is 1. The fourth-order valence-electron chi connectivity index (χ4n) is 3.13. The molecule has 0 radical (unpaired) electrons. The number of anilines is 5. The first-order chi connectivity index (χ1) is 15.5. The van der Waals surface area contributed by atoms with Gasteiger partial charge in [0.15, 0.2) is 5.82 Å². The van der Waals surface area contributed by atoms with Crippen molar-refractivity contribution in [3.63, 3.8) is 0 Å². The third-order valence-corrected chi connectivity index (χ3v) is 6.53. The lowest BCUT2D eigenvalue weighted by Gasteiger charge is -2.27. The Hall–Kier alpha value is -2.99. The van der Waals surface area contributed by atoms with E-state index < -0.39 is 10.0 Å². The van der Waals surface area contributed by atoms with Crippen molar-refractivity contribution in [2.45, 2.75) is 4.90 Å². The molecule has 0 amide bonds. The number of nitrogens with one attached hydrogen (secondary N) is 3. The SMILES string of the molecule is CNS(=O)(=O)c1ccccc1Nc1nc(Nc2ccc(N3CCOCC3)nc2)ncc1Cl. The second-order valence-electron chi connectivity index (χ2n) is 6.85. The molecule has 3 N–H and O–H groups in total. The summed E-state index contributed by atoms with van der Waals surface area (Å²) in [6.45, 7) is 2.99. The lowest BCUT2D eigenvalue weighted by molar-refractivity contribution is 0.122. The van der Waals surface area contributed by atoms with Crippen LogP contribution >= 0.6 is 11.6 Å². The summed E-state index contributed by atoms with van der Waals surface area (Å²) in [4.78, 5) is 15.3. The molecular weight excluding hydrogens is 454 g/mol. The van der Waals surface area contributed by atoms with E-state index in [1.165, 1.54) is 19.3 Å². The Balaban J connectivity index is 1.53. The molecule has 3 aromatic rings. The first kappa shape index (κ1) is 22.2. The van der Waals surface area contributed by atoms with E-state index >= 15 is 0 Å². The smallest absolute Gasteiger partial charge is 0.242 e. The van der Waals surface area contributed by atoms with Crippen molar-refractivity contribution in [2.24, 2.45) is 0 Å². The summed E-state index contributed by atoms with van der Waals surface area (Å²) in [5, 5.41) is 6.31. The lowest BCUT2D eigenvalue weighted by atomic mass is 10.3. The number of ether oxygens (including phenoxy) is 1. The first-order valence-electron chi connectivity index (χ1n) is 9.84. The summed E-state index contributed by atoms with van der Waals surface area (Å²) in [7, 11) is -2.32. The molecule has 2 aromatic heterocycles. The molecule has 12 heteroatoms. The van der Waals surface area contributed by atoms with Crippen LogP contribution in [-0.4, -0.2) is 56.7 Å². The fraction of sp³-hybridized carbons (Fsp3) is 0.250. The van der Waals surface area contributed by atoms with Gasteiger partial charge in [0.2, 0.25) is 16.0 Å². The molecule has 0 bridgehead atoms. The van der Waals surface area contributed by atoms with Gasteiger partial charge in [0.25, 0.3) is 0 Å². The van der Waals surface area contributed by atoms with E-state index in [9.17, 15) is 8.42 Å². The van der Waals surface area contributed by atoms with Crippen molar-refractivity contribution in [2.75, 3.05) is 48.9 Å². The van der Waals surface area contributed by atoms with Gasteiger partial charge in [-0.2, -0.15) is 4.98 Å². The van der Waals surface area contributed by atoms with Gasteiger partial charge >= 0.3 is 0 Å². The summed E-state index contributed by atoms with van der Waals surface area (Å²) < 4.78 is 32.3. The quantitative estimate of drug-likeness (QED) is 0.473. The van der Waals surface area contributed by atoms with Crippen LogP contribution in [0.3, 0.4) is 0 Å². The molecule has 0 aliphatic carbocycles. The number of hydrogen-bond acceptors (Lipinski definition) is 9.